The van der Waals surface area contributed by atoms with Crippen molar-refractivity contribution in [2.45, 2.75) is 45.4 Å². The van der Waals surface area contributed by atoms with Gasteiger partial charge in [-0.1, -0.05) is 49.4 Å². The van der Waals surface area contributed by atoms with Gasteiger partial charge in [-0.25, -0.2) is 13.5 Å². The number of aryl methyl sites for hydroxylation is 2. The molecular formula is C31H32F2N4O3. The Balaban J connectivity index is 1.55. The molecule has 0 aliphatic heterocycles. The minimum absolute atomic E-state index is 0.0761. The van der Waals surface area contributed by atoms with Crippen LogP contribution in [0.25, 0.3) is 5.69 Å². The third-order valence-corrected chi connectivity index (χ3v) is 6.56. The van der Waals surface area contributed by atoms with Crippen molar-refractivity contribution in [2.75, 3.05) is 6.54 Å². The highest BCUT2D eigenvalue weighted by molar-refractivity contribution is 5.92. The van der Waals surface area contributed by atoms with Gasteiger partial charge in [-0.15, -0.1) is 0 Å². The van der Waals surface area contributed by atoms with E-state index in [0.29, 0.717) is 17.9 Å². The number of para-hydroxylation sites is 1. The fourth-order valence-electron chi connectivity index (χ4n) is 4.50. The molecule has 3 N–H and O–H groups in total. The molecule has 208 valence electrons. The Kier molecular flexibility index (Phi) is 9.52. The molecule has 1 heterocycles. The number of aromatic nitrogens is 2. The molecule has 0 saturated heterocycles. The van der Waals surface area contributed by atoms with Crippen LogP contribution < -0.4 is 16.1 Å². The second-order valence-electron chi connectivity index (χ2n) is 9.68. The van der Waals surface area contributed by atoms with Gasteiger partial charge in [-0.3, -0.25) is 9.59 Å². The maximum atomic E-state index is 13.9. The summed E-state index contributed by atoms with van der Waals surface area (Å²) in [5.74, 6) is -2.34. The normalized spacial score (nSPS) is 12.6. The van der Waals surface area contributed by atoms with E-state index >= 15 is 0 Å². The number of carbonyl (C=O) groups is 1. The number of amides is 1. The number of aliphatic hydroxyl groups is 1. The van der Waals surface area contributed by atoms with Gasteiger partial charge in [0.15, 0.2) is 5.69 Å². The molecular weight excluding hydrogens is 514 g/mol. The predicted molar refractivity (Wildman–Crippen MR) is 149 cm³/mol. The lowest BCUT2D eigenvalue weighted by Gasteiger charge is -2.25. The third-order valence-electron chi connectivity index (χ3n) is 6.56. The van der Waals surface area contributed by atoms with Gasteiger partial charge in [-0.2, -0.15) is 5.10 Å². The monoisotopic (exact) mass is 546 g/mol. The molecule has 1 amide bonds. The molecule has 0 aliphatic carbocycles. The van der Waals surface area contributed by atoms with Crippen molar-refractivity contribution in [1.82, 2.24) is 20.4 Å². The lowest BCUT2D eigenvalue weighted by Crippen LogP contribution is -2.49. The van der Waals surface area contributed by atoms with Crippen molar-refractivity contribution < 1.29 is 18.7 Å². The summed E-state index contributed by atoms with van der Waals surface area (Å²) in [6.07, 6.45) is -0.326. The second-order valence-corrected chi connectivity index (χ2v) is 9.68. The fraction of sp³-hybridized carbons (Fsp3) is 0.258. The van der Waals surface area contributed by atoms with Crippen molar-refractivity contribution >= 4 is 5.91 Å². The number of aliphatic hydroxyl groups excluding tert-OH is 1. The average Bonchev–Trinajstić information content (AvgIpc) is 2.92. The summed E-state index contributed by atoms with van der Waals surface area (Å²) in [6.45, 7) is 4.32. The van der Waals surface area contributed by atoms with E-state index in [1.54, 1.807) is 19.1 Å². The number of carbonyl (C=O) groups excluding carboxylic acids is 1. The van der Waals surface area contributed by atoms with Crippen molar-refractivity contribution in [3.63, 3.8) is 0 Å². The summed E-state index contributed by atoms with van der Waals surface area (Å²) in [5.41, 5.74) is 2.72. The van der Waals surface area contributed by atoms with Crippen molar-refractivity contribution in [1.29, 1.82) is 0 Å². The summed E-state index contributed by atoms with van der Waals surface area (Å²) in [4.78, 5) is 26.0. The van der Waals surface area contributed by atoms with Crippen LogP contribution in [-0.4, -0.2) is 39.5 Å². The summed E-state index contributed by atoms with van der Waals surface area (Å²) >= 11 is 0. The Labute approximate surface area is 231 Å². The molecule has 7 nitrogen and oxygen atoms in total. The molecule has 0 saturated carbocycles. The topological polar surface area (TPSA) is 96.2 Å². The third kappa shape index (κ3) is 7.46. The molecule has 0 aliphatic rings. The van der Waals surface area contributed by atoms with E-state index in [1.807, 2.05) is 36.4 Å². The van der Waals surface area contributed by atoms with E-state index in [0.717, 1.165) is 30.2 Å². The molecule has 0 fully saturated rings. The van der Waals surface area contributed by atoms with E-state index in [4.69, 9.17) is 0 Å². The van der Waals surface area contributed by atoms with E-state index < -0.39 is 35.1 Å². The van der Waals surface area contributed by atoms with Crippen LogP contribution in [0.2, 0.25) is 0 Å². The smallest absolute Gasteiger partial charge is 0.276 e. The van der Waals surface area contributed by atoms with Crippen molar-refractivity contribution in [2.24, 2.45) is 0 Å². The van der Waals surface area contributed by atoms with Gasteiger partial charge in [0.25, 0.3) is 5.91 Å². The Hall–Kier alpha value is -4.21. The van der Waals surface area contributed by atoms with Crippen LogP contribution in [0.4, 0.5) is 8.78 Å². The van der Waals surface area contributed by atoms with Crippen LogP contribution in [-0.2, 0) is 19.4 Å². The quantitative estimate of drug-likeness (QED) is 0.266. The zero-order valence-corrected chi connectivity index (χ0v) is 22.4. The first kappa shape index (κ1) is 28.8. The highest BCUT2D eigenvalue weighted by Gasteiger charge is 2.25. The first-order valence-corrected chi connectivity index (χ1v) is 13.1. The molecule has 40 heavy (non-hydrogen) atoms. The van der Waals surface area contributed by atoms with Crippen LogP contribution in [0.1, 0.15) is 39.8 Å². The molecule has 0 radical (unpaired) electrons. The molecule has 0 bridgehead atoms. The summed E-state index contributed by atoms with van der Waals surface area (Å²) in [6, 6.07) is 20.4. The lowest BCUT2D eigenvalue weighted by atomic mass is 10.00. The Morgan fingerprint density at radius 1 is 0.950 bits per heavy atom. The van der Waals surface area contributed by atoms with Gasteiger partial charge in [0, 0.05) is 30.9 Å². The minimum atomic E-state index is -1.15. The molecule has 4 aromatic rings. The van der Waals surface area contributed by atoms with Crippen LogP contribution >= 0.6 is 0 Å². The van der Waals surface area contributed by atoms with Crippen LogP contribution in [0, 0.1) is 18.6 Å². The van der Waals surface area contributed by atoms with Gasteiger partial charge in [0.1, 0.15) is 11.6 Å². The Morgan fingerprint density at radius 2 is 1.65 bits per heavy atom. The summed E-state index contributed by atoms with van der Waals surface area (Å²) in [7, 11) is 0. The molecule has 9 heteroatoms. The number of hydrogen-bond acceptors (Lipinski definition) is 5. The zero-order valence-electron chi connectivity index (χ0n) is 22.4. The number of nitrogens with one attached hydrogen (secondary N) is 2. The Morgan fingerprint density at radius 3 is 2.35 bits per heavy atom. The fourth-order valence-corrected chi connectivity index (χ4v) is 4.50. The minimum Gasteiger partial charge on any atom is -0.390 e. The average molecular weight is 547 g/mol. The van der Waals surface area contributed by atoms with Gasteiger partial charge in [-0.05, 0) is 60.7 Å². The van der Waals surface area contributed by atoms with Crippen LogP contribution in [0.3, 0.4) is 0 Å². The van der Waals surface area contributed by atoms with Gasteiger partial charge in [0.2, 0.25) is 5.43 Å². The lowest BCUT2D eigenvalue weighted by molar-refractivity contribution is 0.0822. The molecule has 2 atom stereocenters. The van der Waals surface area contributed by atoms with E-state index in [1.165, 1.54) is 16.3 Å². The van der Waals surface area contributed by atoms with Crippen molar-refractivity contribution in [3.05, 3.63) is 129 Å². The molecule has 0 spiro atoms. The van der Waals surface area contributed by atoms with Crippen molar-refractivity contribution in [3.8, 4) is 5.69 Å². The van der Waals surface area contributed by atoms with E-state index in [-0.39, 0.29) is 24.2 Å². The standard InChI is InChI=1S/C31H32F2N4O3/c1-3-21-8-7-9-22(13-21)18-34-19-29(39)27(16-23-14-24(32)17-25(33)15-23)35-31(40)30-28(38)12-20(2)37(36-30)26-10-5-4-6-11-26/h4-15,17,27,29,34,39H,3,16,18-19H2,1-2H3,(H,35,40)/t27-,29+/m0/s1. The van der Waals surface area contributed by atoms with E-state index in [9.17, 15) is 23.5 Å². The Bertz CT molecular complexity index is 1500. The SMILES string of the molecule is CCc1cccc(CNC[C@@H](O)[C@H](Cc2cc(F)cc(F)c2)NC(=O)c2nn(-c3ccccc3)c(C)cc2=O)c1. The number of hydrogen-bond donors (Lipinski definition) is 3. The second kappa shape index (κ2) is 13.2. The number of rotatable bonds is 11. The number of nitrogens with zero attached hydrogens (tertiary/aromatic N) is 2. The highest BCUT2D eigenvalue weighted by Crippen LogP contribution is 2.13. The molecule has 4 rings (SSSR count). The first-order valence-electron chi connectivity index (χ1n) is 13.1. The maximum absolute atomic E-state index is 13.9. The first-order chi connectivity index (χ1) is 19.2. The van der Waals surface area contributed by atoms with Gasteiger partial charge >= 0.3 is 0 Å². The van der Waals surface area contributed by atoms with Gasteiger partial charge in [0.05, 0.1) is 17.8 Å². The summed E-state index contributed by atoms with van der Waals surface area (Å²) < 4.78 is 29.3. The molecule has 0 unspecified atom stereocenters. The van der Waals surface area contributed by atoms with E-state index in [2.05, 4.69) is 28.7 Å². The maximum Gasteiger partial charge on any atom is 0.276 e. The van der Waals surface area contributed by atoms with Crippen LogP contribution in [0.5, 0.6) is 0 Å². The highest BCUT2D eigenvalue weighted by atomic mass is 19.1. The molecule has 3 aromatic carbocycles. The predicted octanol–water partition coefficient (Wildman–Crippen LogP) is 3.87. The number of benzene rings is 3. The number of halogens is 2. The van der Waals surface area contributed by atoms with Gasteiger partial charge < -0.3 is 15.7 Å². The summed E-state index contributed by atoms with van der Waals surface area (Å²) in [5, 5.41) is 21.2. The largest absolute Gasteiger partial charge is 0.390 e. The molecule has 1 aromatic heterocycles. The zero-order chi connectivity index (χ0) is 28.6. The van der Waals surface area contributed by atoms with Crippen LogP contribution in [0.15, 0.2) is 83.7 Å².